The minimum atomic E-state index is 0.794. The Bertz CT molecular complexity index is 566. The molecule has 0 atom stereocenters. The van der Waals surface area contributed by atoms with E-state index in [1.54, 1.807) is 0 Å². The Kier molecular flexibility index (Phi) is 6.09. The molecule has 0 fully saturated rings. The van der Waals surface area contributed by atoms with Crippen molar-refractivity contribution in [3.05, 3.63) is 58.6 Å². The summed E-state index contributed by atoms with van der Waals surface area (Å²) in [4.78, 5) is 0. The molecular weight excluding hydrogens is 282 g/mol. The molecule has 0 aromatic heterocycles. The van der Waals surface area contributed by atoms with E-state index in [1.165, 1.54) is 5.56 Å². The zero-order chi connectivity index (χ0) is 15.1. The first-order valence-electron chi connectivity index (χ1n) is 7.49. The molecule has 0 aliphatic carbocycles. The molecule has 0 spiro atoms. The number of benzene rings is 2. The van der Waals surface area contributed by atoms with E-state index in [2.05, 4.69) is 31.3 Å². The number of ether oxygens (including phenoxy) is 1. The molecule has 0 saturated heterocycles. The van der Waals surface area contributed by atoms with E-state index < -0.39 is 0 Å². The highest BCUT2D eigenvalue weighted by Gasteiger charge is 2.03. The highest BCUT2D eigenvalue weighted by molar-refractivity contribution is 6.31. The summed E-state index contributed by atoms with van der Waals surface area (Å²) >= 11 is 6.12. The van der Waals surface area contributed by atoms with Gasteiger partial charge in [0.2, 0.25) is 0 Å². The van der Waals surface area contributed by atoms with Gasteiger partial charge in [0, 0.05) is 11.6 Å². The Morgan fingerprint density at radius 1 is 1.00 bits per heavy atom. The lowest BCUT2D eigenvalue weighted by molar-refractivity contribution is 0.481. The van der Waals surface area contributed by atoms with Crippen LogP contribution in [0.4, 0.5) is 0 Å². The molecule has 0 bridgehead atoms. The van der Waals surface area contributed by atoms with E-state index in [-0.39, 0.29) is 0 Å². The van der Waals surface area contributed by atoms with Crippen LogP contribution in [0.15, 0.2) is 42.5 Å². The van der Waals surface area contributed by atoms with Gasteiger partial charge in [-0.05, 0) is 60.8 Å². The molecule has 112 valence electrons. The molecule has 0 aliphatic heterocycles. The molecule has 2 nitrogen and oxygen atoms in total. The zero-order valence-corrected chi connectivity index (χ0v) is 13.4. The van der Waals surface area contributed by atoms with Crippen molar-refractivity contribution in [1.82, 2.24) is 5.32 Å². The lowest BCUT2D eigenvalue weighted by Gasteiger charge is -2.09. The van der Waals surface area contributed by atoms with E-state index in [1.807, 2.05) is 30.3 Å². The molecule has 21 heavy (non-hydrogen) atoms. The van der Waals surface area contributed by atoms with Crippen LogP contribution < -0.4 is 10.1 Å². The fourth-order valence-electron chi connectivity index (χ4n) is 2.11. The van der Waals surface area contributed by atoms with Gasteiger partial charge in [0.25, 0.3) is 0 Å². The normalized spacial score (nSPS) is 10.6. The molecule has 1 N–H and O–H groups in total. The van der Waals surface area contributed by atoms with Crippen molar-refractivity contribution in [1.29, 1.82) is 0 Å². The Balaban J connectivity index is 1.99. The van der Waals surface area contributed by atoms with Crippen molar-refractivity contribution in [2.75, 3.05) is 6.54 Å². The Morgan fingerprint density at radius 3 is 2.38 bits per heavy atom. The van der Waals surface area contributed by atoms with Crippen molar-refractivity contribution in [2.45, 2.75) is 33.2 Å². The monoisotopic (exact) mass is 303 g/mol. The number of hydrogen-bond donors (Lipinski definition) is 1. The number of hydrogen-bond acceptors (Lipinski definition) is 2. The van der Waals surface area contributed by atoms with Gasteiger partial charge in [-0.1, -0.05) is 37.6 Å². The number of halogens is 1. The smallest absolute Gasteiger partial charge is 0.127 e. The van der Waals surface area contributed by atoms with Crippen LogP contribution in [0.1, 0.15) is 31.4 Å². The van der Waals surface area contributed by atoms with E-state index in [0.717, 1.165) is 48.0 Å². The largest absolute Gasteiger partial charge is 0.457 e. The van der Waals surface area contributed by atoms with Crippen molar-refractivity contribution in [3.8, 4) is 11.5 Å². The van der Waals surface area contributed by atoms with Crippen LogP contribution in [-0.4, -0.2) is 6.54 Å². The van der Waals surface area contributed by atoms with Crippen molar-refractivity contribution < 1.29 is 4.74 Å². The van der Waals surface area contributed by atoms with Crippen molar-refractivity contribution in [2.24, 2.45) is 0 Å². The van der Waals surface area contributed by atoms with Gasteiger partial charge in [-0.2, -0.15) is 0 Å². The minimum Gasteiger partial charge on any atom is -0.457 e. The van der Waals surface area contributed by atoms with Crippen LogP contribution in [0.2, 0.25) is 5.02 Å². The Labute approximate surface area is 132 Å². The van der Waals surface area contributed by atoms with Crippen LogP contribution >= 0.6 is 11.6 Å². The molecular formula is C18H22ClNO. The first-order chi connectivity index (χ1) is 10.2. The highest BCUT2D eigenvalue weighted by atomic mass is 35.5. The second kappa shape index (κ2) is 8.06. The molecule has 0 radical (unpaired) electrons. The average Bonchev–Trinajstić information content (AvgIpc) is 2.51. The highest BCUT2D eigenvalue weighted by Crippen LogP contribution is 2.26. The number of nitrogens with one attached hydrogen (secondary N) is 1. The SMILES string of the molecule is CCCNCc1ccc(Oc2ccc(Cl)c(CC)c2)cc1. The second-order valence-electron chi connectivity index (χ2n) is 5.03. The van der Waals surface area contributed by atoms with Gasteiger partial charge in [0.1, 0.15) is 11.5 Å². The van der Waals surface area contributed by atoms with Gasteiger partial charge in [-0.3, -0.25) is 0 Å². The molecule has 0 saturated carbocycles. The first-order valence-corrected chi connectivity index (χ1v) is 7.86. The molecule has 0 aliphatic rings. The fourth-order valence-corrected chi connectivity index (χ4v) is 2.36. The molecule has 2 aromatic carbocycles. The van der Waals surface area contributed by atoms with Gasteiger partial charge >= 0.3 is 0 Å². The summed E-state index contributed by atoms with van der Waals surface area (Å²) in [5.74, 6) is 1.67. The van der Waals surface area contributed by atoms with Gasteiger partial charge in [-0.25, -0.2) is 0 Å². The molecule has 0 unspecified atom stereocenters. The van der Waals surface area contributed by atoms with Crippen LogP contribution in [-0.2, 0) is 13.0 Å². The zero-order valence-electron chi connectivity index (χ0n) is 12.7. The standard InChI is InChI=1S/C18H22ClNO/c1-3-11-20-13-14-5-7-16(8-6-14)21-17-9-10-18(19)15(4-2)12-17/h5-10,12,20H,3-4,11,13H2,1-2H3. The molecule has 0 amide bonds. The van der Waals surface area contributed by atoms with Gasteiger partial charge < -0.3 is 10.1 Å². The Morgan fingerprint density at radius 2 is 1.71 bits per heavy atom. The second-order valence-corrected chi connectivity index (χ2v) is 5.44. The van der Waals surface area contributed by atoms with Gasteiger partial charge in [0.05, 0.1) is 0 Å². The summed E-state index contributed by atoms with van der Waals surface area (Å²) in [6.45, 7) is 6.20. The van der Waals surface area contributed by atoms with Crippen molar-refractivity contribution >= 4 is 11.6 Å². The fraction of sp³-hybridized carbons (Fsp3) is 0.333. The molecule has 3 heteroatoms. The third-order valence-electron chi connectivity index (χ3n) is 3.31. The molecule has 0 heterocycles. The van der Waals surface area contributed by atoms with Gasteiger partial charge in [0.15, 0.2) is 0 Å². The topological polar surface area (TPSA) is 21.3 Å². The quantitative estimate of drug-likeness (QED) is 0.710. The van der Waals surface area contributed by atoms with E-state index in [0.29, 0.717) is 0 Å². The maximum absolute atomic E-state index is 6.12. The predicted molar refractivity (Wildman–Crippen MR) is 89.3 cm³/mol. The van der Waals surface area contributed by atoms with E-state index in [9.17, 15) is 0 Å². The lowest BCUT2D eigenvalue weighted by Crippen LogP contribution is -2.13. The summed E-state index contributed by atoms with van der Waals surface area (Å²) < 4.78 is 5.88. The predicted octanol–water partition coefficient (Wildman–Crippen LogP) is 5.19. The summed E-state index contributed by atoms with van der Waals surface area (Å²) in [6, 6.07) is 14.0. The average molecular weight is 304 g/mol. The third-order valence-corrected chi connectivity index (χ3v) is 3.68. The Hall–Kier alpha value is -1.51. The summed E-state index contributed by atoms with van der Waals surface area (Å²) in [5, 5.41) is 4.18. The third kappa shape index (κ3) is 4.76. The van der Waals surface area contributed by atoms with Crippen molar-refractivity contribution in [3.63, 3.8) is 0 Å². The van der Waals surface area contributed by atoms with Crippen LogP contribution in [0.3, 0.4) is 0 Å². The first kappa shape index (κ1) is 15.9. The summed E-state index contributed by atoms with van der Waals surface area (Å²) in [5.41, 5.74) is 2.37. The van der Waals surface area contributed by atoms with E-state index >= 15 is 0 Å². The summed E-state index contributed by atoms with van der Waals surface area (Å²) in [6.07, 6.45) is 2.05. The maximum Gasteiger partial charge on any atom is 0.127 e. The molecule has 2 aromatic rings. The number of rotatable bonds is 7. The van der Waals surface area contributed by atoms with Gasteiger partial charge in [-0.15, -0.1) is 0 Å². The molecule has 2 rings (SSSR count). The number of aryl methyl sites for hydroxylation is 1. The lowest BCUT2D eigenvalue weighted by atomic mass is 10.1. The maximum atomic E-state index is 6.12. The van der Waals surface area contributed by atoms with Crippen LogP contribution in [0.5, 0.6) is 11.5 Å². The van der Waals surface area contributed by atoms with Crippen LogP contribution in [0, 0.1) is 0 Å². The van der Waals surface area contributed by atoms with E-state index in [4.69, 9.17) is 16.3 Å². The van der Waals surface area contributed by atoms with Crippen LogP contribution in [0.25, 0.3) is 0 Å². The minimum absolute atomic E-state index is 0.794. The summed E-state index contributed by atoms with van der Waals surface area (Å²) in [7, 11) is 0.